The molecule has 0 fully saturated rings. The molecule has 0 amide bonds. The average Bonchev–Trinajstić information content (AvgIpc) is 2.19. The summed E-state index contributed by atoms with van der Waals surface area (Å²) in [6.07, 6.45) is -4.57. The van der Waals surface area contributed by atoms with Gasteiger partial charge in [0.15, 0.2) is 0 Å². The van der Waals surface area contributed by atoms with Gasteiger partial charge < -0.3 is 15.2 Å². The molecule has 1 aromatic rings. The summed E-state index contributed by atoms with van der Waals surface area (Å²) in [5.74, 6) is -0.288. The van der Waals surface area contributed by atoms with Crippen LogP contribution in [-0.2, 0) is 0 Å². The van der Waals surface area contributed by atoms with Gasteiger partial charge in [0.05, 0.1) is 10.6 Å². The molecule has 0 saturated carbocycles. The Morgan fingerprint density at radius 2 is 2.11 bits per heavy atom. The molecule has 0 spiro atoms. The number of benzene rings is 1. The van der Waals surface area contributed by atoms with Crippen LogP contribution in [0.4, 0.5) is 18.9 Å². The number of aliphatic hydroxyl groups is 1. The van der Waals surface area contributed by atoms with Crippen LogP contribution in [0.5, 0.6) is 5.75 Å². The number of ether oxygens (including phenoxy) is 1. The fourth-order valence-corrected chi connectivity index (χ4v) is 1.70. The summed E-state index contributed by atoms with van der Waals surface area (Å²) in [6.45, 7) is 2.20. The number of alkyl halides is 3. The second kappa shape index (κ2) is 6.29. The van der Waals surface area contributed by atoms with Crippen molar-refractivity contribution in [1.29, 1.82) is 0 Å². The molecule has 0 saturated heterocycles. The minimum absolute atomic E-state index is 0.210. The molecule has 1 rings (SSSR count). The van der Waals surface area contributed by atoms with Crippen LogP contribution in [0.1, 0.15) is 13.3 Å². The Morgan fingerprint density at radius 3 is 2.61 bits per heavy atom. The summed E-state index contributed by atoms with van der Waals surface area (Å²) >= 11 is 3.01. The van der Waals surface area contributed by atoms with E-state index in [1.807, 2.05) is 0 Å². The Hall–Kier alpha value is -0.950. The molecule has 7 heteroatoms. The average molecular weight is 328 g/mol. The smallest absolute Gasteiger partial charge is 0.405 e. The van der Waals surface area contributed by atoms with E-state index in [0.717, 1.165) is 0 Å². The van der Waals surface area contributed by atoms with Gasteiger partial charge in [0.1, 0.15) is 5.75 Å². The fourth-order valence-electron chi connectivity index (χ4n) is 1.24. The maximum absolute atomic E-state index is 12.0. The number of halogens is 4. The summed E-state index contributed by atoms with van der Waals surface area (Å²) in [7, 11) is 0. The first-order valence-corrected chi connectivity index (χ1v) is 6.04. The Balaban J connectivity index is 2.62. The number of rotatable bonds is 5. The van der Waals surface area contributed by atoms with E-state index in [2.05, 4.69) is 26.0 Å². The van der Waals surface area contributed by atoms with E-state index < -0.39 is 12.5 Å². The molecule has 1 aromatic carbocycles. The molecule has 102 valence electrons. The number of anilines is 1. The van der Waals surface area contributed by atoms with Crippen LogP contribution in [0.15, 0.2) is 22.7 Å². The van der Waals surface area contributed by atoms with E-state index in [4.69, 9.17) is 5.11 Å². The normalized spacial score (nSPS) is 13.2. The maximum Gasteiger partial charge on any atom is 0.573 e. The Bertz CT molecular complexity index is 396. The standard InChI is InChI=1S/C11H13BrF3NO2/c1-7(17)4-5-16-8-2-3-10(9(12)6-8)18-11(13,14)15/h2-3,6-7,16-17H,4-5H2,1H3. The summed E-state index contributed by atoms with van der Waals surface area (Å²) in [6, 6.07) is 4.19. The van der Waals surface area contributed by atoms with Crippen LogP contribution in [0.2, 0.25) is 0 Å². The predicted octanol–water partition coefficient (Wildman–Crippen LogP) is 3.53. The molecule has 3 nitrogen and oxygen atoms in total. The third kappa shape index (κ3) is 5.59. The topological polar surface area (TPSA) is 41.5 Å². The van der Waals surface area contributed by atoms with Gasteiger partial charge in [-0.2, -0.15) is 0 Å². The zero-order valence-corrected chi connectivity index (χ0v) is 11.2. The van der Waals surface area contributed by atoms with Crippen molar-refractivity contribution in [1.82, 2.24) is 0 Å². The fraction of sp³-hybridized carbons (Fsp3) is 0.455. The molecule has 0 aliphatic rings. The van der Waals surface area contributed by atoms with Gasteiger partial charge in [-0.15, -0.1) is 13.2 Å². The molecule has 0 heterocycles. The molecule has 1 atom stereocenters. The second-order valence-electron chi connectivity index (χ2n) is 3.76. The van der Waals surface area contributed by atoms with Crippen LogP contribution in [-0.4, -0.2) is 24.1 Å². The lowest BCUT2D eigenvalue weighted by atomic mass is 10.2. The van der Waals surface area contributed by atoms with Gasteiger partial charge in [0.25, 0.3) is 0 Å². The number of hydrogen-bond donors (Lipinski definition) is 2. The van der Waals surface area contributed by atoms with Crippen LogP contribution in [0, 0.1) is 0 Å². The van der Waals surface area contributed by atoms with Crippen LogP contribution >= 0.6 is 15.9 Å². The van der Waals surface area contributed by atoms with Crippen molar-refractivity contribution >= 4 is 21.6 Å². The minimum atomic E-state index is -4.70. The van der Waals surface area contributed by atoms with Crippen molar-refractivity contribution in [2.45, 2.75) is 25.8 Å². The van der Waals surface area contributed by atoms with Gasteiger partial charge >= 0.3 is 6.36 Å². The number of hydrogen-bond acceptors (Lipinski definition) is 3. The molecule has 18 heavy (non-hydrogen) atoms. The SMILES string of the molecule is CC(O)CCNc1ccc(OC(F)(F)F)c(Br)c1. The van der Waals surface area contributed by atoms with Gasteiger partial charge in [-0.3, -0.25) is 0 Å². The van der Waals surface area contributed by atoms with Crippen molar-refractivity contribution < 1.29 is 23.0 Å². The van der Waals surface area contributed by atoms with Crippen LogP contribution < -0.4 is 10.1 Å². The first-order valence-electron chi connectivity index (χ1n) is 5.25. The van der Waals surface area contributed by atoms with Crippen molar-refractivity contribution in [3.63, 3.8) is 0 Å². The molecule has 1 unspecified atom stereocenters. The number of aliphatic hydroxyl groups excluding tert-OH is 1. The van der Waals surface area contributed by atoms with Crippen LogP contribution in [0.3, 0.4) is 0 Å². The molecule has 0 radical (unpaired) electrons. The highest BCUT2D eigenvalue weighted by Gasteiger charge is 2.31. The van der Waals surface area contributed by atoms with Gasteiger partial charge in [-0.25, -0.2) is 0 Å². The van der Waals surface area contributed by atoms with E-state index in [1.165, 1.54) is 18.2 Å². The largest absolute Gasteiger partial charge is 0.573 e. The van der Waals surface area contributed by atoms with E-state index in [9.17, 15) is 13.2 Å². The Kier molecular flexibility index (Phi) is 5.28. The van der Waals surface area contributed by atoms with Crippen molar-refractivity contribution in [2.24, 2.45) is 0 Å². The molecule has 2 N–H and O–H groups in total. The van der Waals surface area contributed by atoms with Gasteiger partial charge in [0.2, 0.25) is 0 Å². The van der Waals surface area contributed by atoms with E-state index >= 15 is 0 Å². The zero-order valence-electron chi connectivity index (χ0n) is 9.59. The Morgan fingerprint density at radius 1 is 1.44 bits per heavy atom. The van der Waals surface area contributed by atoms with E-state index in [-0.39, 0.29) is 10.2 Å². The summed E-state index contributed by atoms with van der Waals surface area (Å²) < 4.78 is 40.1. The molecular formula is C11H13BrF3NO2. The quantitative estimate of drug-likeness (QED) is 0.869. The van der Waals surface area contributed by atoms with E-state index in [1.54, 1.807) is 6.92 Å². The van der Waals surface area contributed by atoms with Crippen molar-refractivity contribution in [2.75, 3.05) is 11.9 Å². The highest BCUT2D eigenvalue weighted by Crippen LogP contribution is 2.32. The minimum Gasteiger partial charge on any atom is -0.405 e. The third-order valence-electron chi connectivity index (χ3n) is 2.05. The Labute approximate surface area is 111 Å². The maximum atomic E-state index is 12.0. The summed E-state index contributed by atoms with van der Waals surface area (Å²) in [5, 5.41) is 12.0. The lowest BCUT2D eigenvalue weighted by Gasteiger charge is -2.12. The molecule has 0 aromatic heterocycles. The monoisotopic (exact) mass is 327 g/mol. The first kappa shape index (κ1) is 15.1. The lowest BCUT2D eigenvalue weighted by Crippen LogP contribution is -2.17. The summed E-state index contributed by atoms with van der Waals surface area (Å²) in [4.78, 5) is 0. The lowest BCUT2D eigenvalue weighted by molar-refractivity contribution is -0.274. The molecule has 0 bridgehead atoms. The first-order chi connectivity index (χ1) is 8.28. The predicted molar refractivity (Wildman–Crippen MR) is 65.6 cm³/mol. The van der Waals surface area contributed by atoms with Crippen molar-refractivity contribution in [3.8, 4) is 5.75 Å². The van der Waals surface area contributed by atoms with Crippen LogP contribution in [0.25, 0.3) is 0 Å². The number of nitrogens with one attached hydrogen (secondary N) is 1. The third-order valence-corrected chi connectivity index (χ3v) is 2.67. The van der Waals surface area contributed by atoms with Gasteiger partial charge in [0, 0.05) is 12.2 Å². The highest BCUT2D eigenvalue weighted by atomic mass is 79.9. The van der Waals surface area contributed by atoms with E-state index in [0.29, 0.717) is 18.7 Å². The van der Waals surface area contributed by atoms with Gasteiger partial charge in [-0.05, 0) is 47.5 Å². The highest BCUT2D eigenvalue weighted by molar-refractivity contribution is 9.10. The second-order valence-corrected chi connectivity index (χ2v) is 4.61. The summed E-state index contributed by atoms with van der Waals surface area (Å²) in [5.41, 5.74) is 0.650. The van der Waals surface area contributed by atoms with Crippen molar-refractivity contribution in [3.05, 3.63) is 22.7 Å². The molecular weight excluding hydrogens is 315 g/mol. The zero-order chi connectivity index (χ0) is 13.8. The van der Waals surface area contributed by atoms with Gasteiger partial charge in [-0.1, -0.05) is 0 Å². The molecule has 0 aliphatic carbocycles. The molecule has 0 aliphatic heterocycles.